The van der Waals surface area contributed by atoms with Gasteiger partial charge in [-0.2, -0.15) is 0 Å². The third kappa shape index (κ3) is 1.50. The summed E-state index contributed by atoms with van der Waals surface area (Å²) in [6.07, 6.45) is 1.30. The van der Waals surface area contributed by atoms with Crippen molar-refractivity contribution in [3.8, 4) is 0 Å². The Morgan fingerprint density at radius 3 is 2.60 bits per heavy atom. The Morgan fingerprint density at radius 1 is 1.50 bits per heavy atom. The lowest BCUT2D eigenvalue weighted by Crippen LogP contribution is -2.32. The molecule has 60 valence electrons. The lowest BCUT2D eigenvalue weighted by atomic mass is 10.0. The maximum Gasteiger partial charge on any atom is 0.0232 e. The van der Waals surface area contributed by atoms with Crippen LogP contribution in [0.4, 0.5) is 0 Å². The molecular weight excluding hydrogens is 124 g/mol. The maximum atomic E-state index is 3.35. The molecule has 1 N–H and O–H groups in total. The number of likely N-dealkylation sites (tertiary alicyclic amines) is 1. The van der Waals surface area contributed by atoms with Gasteiger partial charge in [0, 0.05) is 19.1 Å². The molecule has 0 radical (unpaired) electrons. The Hall–Kier alpha value is -0.0800. The molecule has 0 aromatic carbocycles. The van der Waals surface area contributed by atoms with Crippen LogP contribution in [0.15, 0.2) is 0 Å². The van der Waals surface area contributed by atoms with Crippen LogP contribution in [-0.2, 0) is 0 Å². The molecule has 2 atom stereocenters. The molecule has 10 heavy (non-hydrogen) atoms. The van der Waals surface area contributed by atoms with Gasteiger partial charge in [0.15, 0.2) is 0 Å². The van der Waals surface area contributed by atoms with E-state index in [1.54, 1.807) is 0 Å². The molecule has 1 aliphatic rings. The van der Waals surface area contributed by atoms with Gasteiger partial charge in [-0.05, 0) is 20.0 Å². The summed E-state index contributed by atoms with van der Waals surface area (Å²) in [5.41, 5.74) is 0. The van der Waals surface area contributed by atoms with E-state index in [4.69, 9.17) is 0 Å². The van der Waals surface area contributed by atoms with Gasteiger partial charge >= 0.3 is 0 Å². The van der Waals surface area contributed by atoms with Crippen molar-refractivity contribution in [2.24, 2.45) is 5.92 Å². The van der Waals surface area contributed by atoms with E-state index in [0.717, 1.165) is 12.0 Å². The van der Waals surface area contributed by atoms with Crippen molar-refractivity contribution in [1.82, 2.24) is 10.2 Å². The average molecular weight is 142 g/mol. The molecule has 0 aromatic heterocycles. The van der Waals surface area contributed by atoms with Crippen LogP contribution in [0.2, 0.25) is 0 Å². The van der Waals surface area contributed by atoms with Crippen molar-refractivity contribution in [1.29, 1.82) is 0 Å². The zero-order chi connectivity index (χ0) is 7.56. The van der Waals surface area contributed by atoms with Crippen molar-refractivity contribution in [2.75, 3.05) is 27.2 Å². The van der Waals surface area contributed by atoms with E-state index in [1.807, 2.05) is 0 Å². The van der Waals surface area contributed by atoms with Crippen LogP contribution < -0.4 is 5.32 Å². The molecule has 0 unspecified atom stereocenters. The summed E-state index contributed by atoms with van der Waals surface area (Å²) in [5.74, 6) is 0.870. The Labute approximate surface area is 63.6 Å². The largest absolute Gasteiger partial charge is 0.315 e. The first-order chi connectivity index (χ1) is 4.77. The van der Waals surface area contributed by atoms with E-state index in [2.05, 4.69) is 31.2 Å². The third-order valence-electron chi connectivity index (χ3n) is 2.52. The fourth-order valence-electron chi connectivity index (χ4n) is 1.83. The van der Waals surface area contributed by atoms with Crippen LogP contribution in [-0.4, -0.2) is 38.1 Å². The normalized spacial score (nSPS) is 35.1. The van der Waals surface area contributed by atoms with Gasteiger partial charge in [-0.1, -0.05) is 13.3 Å². The molecule has 0 bridgehead atoms. The van der Waals surface area contributed by atoms with Crippen molar-refractivity contribution < 1.29 is 0 Å². The molecule has 0 amide bonds. The third-order valence-corrected chi connectivity index (χ3v) is 2.52. The minimum atomic E-state index is 0.731. The second-order valence-corrected chi connectivity index (χ2v) is 3.28. The predicted molar refractivity (Wildman–Crippen MR) is 44.1 cm³/mol. The van der Waals surface area contributed by atoms with Gasteiger partial charge in [0.05, 0.1) is 0 Å². The van der Waals surface area contributed by atoms with Gasteiger partial charge in [-0.25, -0.2) is 0 Å². The highest BCUT2D eigenvalue weighted by Crippen LogP contribution is 2.17. The lowest BCUT2D eigenvalue weighted by Gasteiger charge is -2.14. The van der Waals surface area contributed by atoms with Gasteiger partial charge in [-0.3, -0.25) is 0 Å². The van der Waals surface area contributed by atoms with E-state index in [-0.39, 0.29) is 0 Å². The van der Waals surface area contributed by atoms with Crippen LogP contribution in [0, 0.1) is 5.92 Å². The van der Waals surface area contributed by atoms with Crippen LogP contribution in [0.1, 0.15) is 13.3 Å². The standard InChI is InChI=1S/C8H18N2/c1-4-7-5-10(3)6-8(7)9-2/h7-9H,4-6H2,1-3H3/t7-,8+/m1/s1. The second-order valence-electron chi connectivity index (χ2n) is 3.28. The van der Waals surface area contributed by atoms with Gasteiger partial charge in [0.1, 0.15) is 0 Å². The summed E-state index contributed by atoms with van der Waals surface area (Å²) in [5, 5.41) is 3.35. The van der Waals surface area contributed by atoms with Crippen molar-refractivity contribution in [2.45, 2.75) is 19.4 Å². The summed E-state index contributed by atoms with van der Waals surface area (Å²) < 4.78 is 0. The van der Waals surface area contributed by atoms with E-state index in [0.29, 0.717) is 0 Å². The molecule has 1 fully saturated rings. The molecular formula is C8H18N2. The summed E-state index contributed by atoms with van der Waals surface area (Å²) in [7, 11) is 4.26. The Balaban J connectivity index is 2.41. The first kappa shape index (κ1) is 8.02. The highest BCUT2D eigenvalue weighted by atomic mass is 15.2. The highest BCUT2D eigenvalue weighted by molar-refractivity contribution is 4.85. The number of nitrogens with one attached hydrogen (secondary N) is 1. The second kappa shape index (κ2) is 3.35. The highest BCUT2D eigenvalue weighted by Gasteiger charge is 2.27. The number of rotatable bonds is 2. The summed E-state index contributed by atoms with van der Waals surface area (Å²) in [4.78, 5) is 2.40. The van der Waals surface area contributed by atoms with Gasteiger partial charge in [-0.15, -0.1) is 0 Å². The van der Waals surface area contributed by atoms with E-state index >= 15 is 0 Å². The van der Waals surface area contributed by atoms with Crippen LogP contribution in [0.25, 0.3) is 0 Å². The maximum absolute atomic E-state index is 3.35. The molecule has 0 aromatic rings. The number of hydrogen-bond acceptors (Lipinski definition) is 2. The Morgan fingerprint density at radius 2 is 2.20 bits per heavy atom. The van der Waals surface area contributed by atoms with Gasteiger partial charge in [0.2, 0.25) is 0 Å². The van der Waals surface area contributed by atoms with E-state index < -0.39 is 0 Å². The lowest BCUT2D eigenvalue weighted by molar-refractivity contribution is 0.392. The summed E-state index contributed by atoms with van der Waals surface area (Å²) >= 11 is 0. The average Bonchev–Trinajstić information content (AvgIpc) is 2.30. The molecule has 0 aliphatic carbocycles. The fourth-order valence-corrected chi connectivity index (χ4v) is 1.83. The molecule has 1 rings (SSSR count). The summed E-state index contributed by atoms with van der Waals surface area (Å²) in [6.45, 7) is 4.76. The SMILES string of the molecule is CC[C@@H]1CN(C)C[C@@H]1NC. The minimum Gasteiger partial charge on any atom is -0.315 e. The van der Waals surface area contributed by atoms with Crippen molar-refractivity contribution in [3.05, 3.63) is 0 Å². The quantitative estimate of drug-likeness (QED) is 0.605. The number of hydrogen-bond donors (Lipinski definition) is 1. The zero-order valence-corrected chi connectivity index (χ0v) is 7.22. The topological polar surface area (TPSA) is 15.3 Å². The van der Waals surface area contributed by atoms with E-state index in [1.165, 1.54) is 19.5 Å². The van der Waals surface area contributed by atoms with Crippen molar-refractivity contribution in [3.63, 3.8) is 0 Å². The fraction of sp³-hybridized carbons (Fsp3) is 1.00. The predicted octanol–water partition coefficient (Wildman–Crippen LogP) is 0.546. The Bertz CT molecular complexity index is 91.4. The van der Waals surface area contributed by atoms with Crippen LogP contribution in [0.5, 0.6) is 0 Å². The van der Waals surface area contributed by atoms with Crippen LogP contribution in [0.3, 0.4) is 0 Å². The molecule has 2 heteroatoms. The molecule has 2 nitrogen and oxygen atoms in total. The Kier molecular flexibility index (Phi) is 2.69. The first-order valence-corrected chi connectivity index (χ1v) is 4.13. The number of nitrogens with zero attached hydrogens (tertiary/aromatic N) is 1. The minimum absolute atomic E-state index is 0.731. The zero-order valence-electron chi connectivity index (χ0n) is 7.22. The van der Waals surface area contributed by atoms with Gasteiger partial charge in [0.25, 0.3) is 0 Å². The first-order valence-electron chi connectivity index (χ1n) is 4.13. The van der Waals surface area contributed by atoms with Crippen LogP contribution >= 0.6 is 0 Å². The van der Waals surface area contributed by atoms with Crippen molar-refractivity contribution >= 4 is 0 Å². The smallest absolute Gasteiger partial charge is 0.0232 e. The molecule has 1 aliphatic heterocycles. The molecule has 0 saturated carbocycles. The summed E-state index contributed by atoms with van der Waals surface area (Å²) in [6, 6.07) is 0.731. The monoisotopic (exact) mass is 142 g/mol. The molecule has 0 spiro atoms. The van der Waals surface area contributed by atoms with Gasteiger partial charge < -0.3 is 10.2 Å². The molecule has 1 heterocycles. The molecule has 1 saturated heterocycles. The van der Waals surface area contributed by atoms with E-state index in [9.17, 15) is 0 Å². The number of likely N-dealkylation sites (N-methyl/N-ethyl adjacent to an activating group) is 2.